The Morgan fingerprint density at radius 2 is 1.90 bits per heavy atom. The van der Waals surface area contributed by atoms with E-state index in [1.54, 1.807) is 6.20 Å². The number of carboxylic acids is 1. The Balaban J connectivity index is 2.16. The van der Waals surface area contributed by atoms with Gasteiger partial charge in [-0.05, 0) is 22.8 Å². The maximum Gasteiger partial charge on any atom is 0.328 e. The number of hydrogen-bond acceptors (Lipinski definition) is 2. The number of aromatic nitrogens is 2. The van der Waals surface area contributed by atoms with E-state index in [0.717, 1.165) is 22.0 Å². The van der Waals surface area contributed by atoms with Gasteiger partial charge in [-0.15, -0.1) is 0 Å². The largest absolute Gasteiger partial charge is 0.478 e. The Bertz CT molecular complexity index is 788. The number of H-pyrrole nitrogens is 1. The second-order valence-electron chi connectivity index (χ2n) is 4.43. The highest BCUT2D eigenvalue weighted by molar-refractivity contribution is 5.96. The fourth-order valence-corrected chi connectivity index (χ4v) is 2.18. The summed E-state index contributed by atoms with van der Waals surface area (Å²) in [5, 5.41) is 16.9. The molecule has 0 unspecified atom stereocenters. The lowest BCUT2D eigenvalue weighted by atomic mass is 9.97. The predicted molar refractivity (Wildman–Crippen MR) is 77.3 cm³/mol. The maximum atomic E-state index is 11.1. The Morgan fingerprint density at radius 3 is 2.65 bits per heavy atom. The topological polar surface area (TPSA) is 66.0 Å². The van der Waals surface area contributed by atoms with Crippen LogP contribution in [-0.4, -0.2) is 21.3 Å². The molecule has 0 saturated carbocycles. The van der Waals surface area contributed by atoms with Crippen LogP contribution in [0.5, 0.6) is 0 Å². The van der Waals surface area contributed by atoms with Gasteiger partial charge in [0.25, 0.3) is 0 Å². The zero-order valence-electron chi connectivity index (χ0n) is 10.6. The van der Waals surface area contributed by atoms with Crippen LogP contribution in [0.2, 0.25) is 0 Å². The molecule has 0 aliphatic rings. The molecule has 1 heterocycles. The average molecular weight is 264 g/mol. The van der Waals surface area contributed by atoms with Crippen LogP contribution in [0.25, 0.3) is 16.5 Å². The monoisotopic (exact) mass is 264 g/mol. The molecular weight excluding hydrogens is 252 g/mol. The van der Waals surface area contributed by atoms with Gasteiger partial charge in [-0.2, -0.15) is 5.10 Å². The van der Waals surface area contributed by atoms with Crippen LogP contribution in [0.15, 0.2) is 60.8 Å². The fraction of sp³-hybridized carbons (Fsp3) is 0. The van der Waals surface area contributed by atoms with Crippen molar-refractivity contribution in [1.82, 2.24) is 10.2 Å². The highest BCUT2D eigenvalue weighted by atomic mass is 16.4. The summed E-state index contributed by atoms with van der Waals surface area (Å²) in [5.74, 6) is -0.964. The molecule has 4 nitrogen and oxygen atoms in total. The molecule has 0 saturated heterocycles. The number of fused-ring (bicyclic) bond motifs is 1. The lowest BCUT2D eigenvalue weighted by molar-refractivity contribution is -0.131. The first-order valence-corrected chi connectivity index (χ1v) is 6.17. The van der Waals surface area contributed by atoms with Gasteiger partial charge in [-0.1, -0.05) is 42.5 Å². The van der Waals surface area contributed by atoms with Crippen LogP contribution < -0.4 is 0 Å². The third-order valence-electron chi connectivity index (χ3n) is 3.11. The van der Waals surface area contributed by atoms with Crippen molar-refractivity contribution in [1.29, 1.82) is 0 Å². The molecule has 2 N–H and O–H groups in total. The molecule has 0 fully saturated rings. The van der Waals surface area contributed by atoms with E-state index < -0.39 is 5.97 Å². The minimum atomic E-state index is -0.964. The molecular formula is C16H12N2O2. The quantitative estimate of drug-likeness (QED) is 0.714. The van der Waals surface area contributed by atoms with Gasteiger partial charge in [0.2, 0.25) is 0 Å². The molecule has 2 aromatic carbocycles. The van der Waals surface area contributed by atoms with E-state index in [9.17, 15) is 4.79 Å². The standard InChI is InChI=1S/C16H12N2O2/c19-16(20)9-14(11-4-2-1-3-5-11)12-6-7-13-10-17-18-15(13)8-12/h1-10H,(H,17,18)(H,19,20). The van der Waals surface area contributed by atoms with E-state index in [-0.39, 0.29) is 0 Å². The summed E-state index contributed by atoms with van der Waals surface area (Å²) >= 11 is 0. The normalized spacial score (nSPS) is 11.7. The van der Waals surface area contributed by atoms with Crippen molar-refractivity contribution in [3.8, 4) is 0 Å². The van der Waals surface area contributed by atoms with E-state index in [2.05, 4.69) is 10.2 Å². The average Bonchev–Trinajstić information content (AvgIpc) is 2.93. The van der Waals surface area contributed by atoms with E-state index in [0.29, 0.717) is 5.57 Å². The zero-order valence-corrected chi connectivity index (χ0v) is 10.6. The predicted octanol–water partition coefficient (Wildman–Crippen LogP) is 3.08. The third kappa shape index (κ3) is 2.31. The SMILES string of the molecule is O=C(O)C=C(c1ccccc1)c1ccc2cn[nH]c2c1. The van der Waals surface area contributed by atoms with Crippen LogP contribution in [0, 0.1) is 0 Å². The number of nitrogens with one attached hydrogen (secondary N) is 1. The van der Waals surface area contributed by atoms with E-state index in [1.165, 1.54) is 6.08 Å². The number of carbonyl (C=O) groups is 1. The van der Waals surface area contributed by atoms with Crippen LogP contribution >= 0.6 is 0 Å². The number of rotatable bonds is 3. The van der Waals surface area contributed by atoms with Gasteiger partial charge in [0.05, 0.1) is 11.7 Å². The number of carboxylic acid groups (broad SMARTS) is 1. The van der Waals surface area contributed by atoms with Gasteiger partial charge in [0, 0.05) is 11.5 Å². The van der Waals surface area contributed by atoms with Crippen LogP contribution in [0.1, 0.15) is 11.1 Å². The highest BCUT2D eigenvalue weighted by Gasteiger charge is 2.08. The van der Waals surface area contributed by atoms with Crippen LogP contribution in [-0.2, 0) is 4.79 Å². The number of aromatic amines is 1. The molecule has 4 heteroatoms. The number of nitrogens with zero attached hydrogens (tertiary/aromatic N) is 1. The summed E-state index contributed by atoms with van der Waals surface area (Å²) in [6.07, 6.45) is 2.97. The Labute approximate surface area is 115 Å². The molecule has 0 amide bonds. The summed E-state index contributed by atoms with van der Waals surface area (Å²) in [4.78, 5) is 11.1. The van der Waals surface area contributed by atoms with Crippen LogP contribution in [0.3, 0.4) is 0 Å². The van der Waals surface area contributed by atoms with Gasteiger partial charge in [-0.3, -0.25) is 5.10 Å². The Hall–Kier alpha value is -2.88. The minimum Gasteiger partial charge on any atom is -0.478 e. The molecule has 98 valence electrons. The molecule has 0 aliphatic heterocycles. The molecule has 0 atom stereocenters. The molecule has 0 radical (unpaired) electrons. The molecule has 20 heavy (non-hydrogen) atoms. The molecule has 0 spiro atoms. The maximum absolute atomic E-state index is 11.1. The number of aliphatic carboxylic acids is 1. The fourth-order valence-electron chi connectivity index (χ4n) is 2.18. The van der Waals surface area contributed by atoms with Gasteiger partial charge < -0.3 is 5.11 Å². The second-order valence-corrected chi connectivity index (χ2v) is 4.43. The van der Waals surface area contributed by atoms with Gasteiger partial charge in [0.15, 0.2) is 0 Å². The molecule has 0 aliphatic carbocycles. The highest BCUT2D eigenvalue weighted by Crippen LogP contribution is 2.25. The van der Waals surface area contributed by atoms with Gasteiger partial charge >= 0.3 is 5.97 Å². The summed E-state index contributed by atoms with van der Waals surface area (Å²) in [7, 11) is 0. The smallest absolute Gasteiger partial charge is 0.328 e. The van der Waals surface area contributed by atoms with Crippen molar-refractivity contribution in [3.05, 3.63) is 71.9 Å². The first-order valence-electron chi connectivity index (χ1n) is 6.17. The lowest BCUT2D eigenvalue weighted by Gasteiger charge is -2.07. The Kier molecular flexibility index (Phi) is 3.05. The zero-order chi connectivity index (χ0) is 13.9. The number of benzene rings is 2. The van der Waals surface area contributed by atoms with Crippen molar-refractivity contribution < 1.29 is 9.90 Å². The summed E-state index contributed by atoms with van der Waals surface area (Å²) < 4.78 is 0. The molecule has 0 bridgehead atoms. The van der Waals surface area contributed by atoms with Crippen molar-refractivity contribution >= 4 is 22.4 Å². The van der Waals surface area contributed by atoms with Crippen molar-refractivity contribution in [3.63, 3.8) is 0 Å². The second kappa shape index (κ2) is 5.01. The van der Waals surface area contributed by atoms with Gasteiger partial charge in [-0.25, -0.2) is 4.79 Å². The summed E-state index contributed by atoms with van der Waals surface area (Å²) in [6, 6.07) is 15.2. The van der Waals surface area contributed by atoms with E-state index in [4.69, 9.17) is 5.11 Å². The summed E-state index contributed by atoms with van der Waals surface area (Å²) in [5.41, 5.74) is 3.27. The van der Waals surface area contributed by atoms with Crippen molar-refractivity contribution in [2.75, 3.05) is 0 Å². The minimum absolute atomic E-state index is 0.676. The Morgan fingerprint density at radius 1 is 1.10 bits per heavy atom. The van der Waals surface area contributed by atoms with Crippen molar-refractivity contribution in [2.45, 2.75) is 0 Å². The summed E-state index contributed by atoms with van der Waals surface area (Å²) in [6.45, 7) is 0. The molecule has 3 aromatic rings. The van der Waals surface area contributed by atoms with E-state index in [1.807, 2.05) is 48.5 Å². The van der Waals surface area contributed by atoms with Gasteiger partial charge in [0.1, 0.15) is 0 Å². The van der Waals surface area contributed by atoms with E-state index >= 15 is 0 Å². The van der Waals surface area contributed by atoms with Crippen LogP contribution in [0.4, 0.5) is 0 Å². The first-order chi connectivity index (χ1) is 9.74. The molecule has 3 rings (SSSR count). The lowest BCUT2D eigenvalue weighted by Crippen LogP contribution is -1.94. The number of hydrogen-bond donors (Lipinski definition) is 2. The molecule has 1 aromatic heterocycles. The first kappa shape index (κ1) is 12.2. The third-order valence-corrected chi connectivity index (χ3v) is 3.11. The van der Waals surface area contributed by atoms with Crippen molar-refractivity contribution in [2.24, 2.45) is 0 Å².